The van der Waals surface area contributed by atoms with Gasteiger partial charge in [-0.15, -0.1) is 11.8 Å². The predicted molar refractivity (Wildman–Crippen MR) is 136 cm³/mol. The van der Waals surface area contributed by atoms with Crippen LogP contribution in [0.1, 0.15) is 112 Å². The molecule has 178 valence electrons. The van der Waals surface area contributed by atoms with Crippen LogP contribution in [0.25, 0.3) is 0 Å². The van der Waals surface area contributed by atoms with E-state index in [1.165, 1.54) is 63.7 Å². The molecule has 1 heterocycles. The summed E-state index contributed by atoms with van der Waals surface area (Å²) in [4.78, 5) is 0.462. The lowest BCUT2D eigenvalue weighted by atomic mass is 9.44. The van der Waals surface area contributed by atoms with E-state index in [-0.39, 0.29) is 0 Å². The van der Waals surface area contributed by atoms with E-state index in [0.717, 1.165) is 41.4 Å². The van der Waals surface area contributed by atoms with Crippen molar-refractivity contribution in [2.75, 3.05) is 12.3 Å². The third-order valence-corrected chi connectivity index (χ3v) is 13.3. The molecule has 0 radical (unpaired) electrons. The Morgan fingerprint density at radius 1 is 0.871 bits per heavy atom. The first-order valence-electron chi connectivity index (χ1n) is 14.2. The van der Waals surface area contributed by atoms with Crippen LogP contribution in [0.3, 0.4) is 0 Å². The fraction of sp³-hybridized carbons (Fsp3) is 1.00. The maximum absolute atomic E-state index is 3.94. The molecule has 31 heavy (non-hydrogen) atoms. The maximum Gasteiger partial charge on any atom is 0.0649 e. The second-order valence-corrected chi connectivity index (χ2v) is 15.1. The van der Waals surface area contributed by atoms with Crippen molar-refractivity contribution in [3.63, 3.8) is 0 Å². The Bertz CT molecular complexity index is 639. The van der Waals surface area contributed by atoms with Gasteiger partial charge in [0.2, 0.25) is 0 Å². The number of hydrogen-bond donors (Lipinski definition) is 1. The lowest BCUT2D eigenvalue weighted by molar-refractivity contribution is -0.119. The molecule has 5 fully saturated rings. The van der Waals surface area contributed by atoms with Gasteiger partial charge in [-0.05, 0) is 110 Å². The molecule has 0 aromatic heterocycles. The molecule has 4 saturated carbocycles. The van der Waals surface area contributed by atoms with Crippen molar-refractivity contribution in [2.45, 2.75) is 117 Å². The summed E-state index contributed by atoms with van der Waals surface area (Å²) in [6, 6.07) is 0. The van der Waals surface area contributed by atoms with Crippen LogP contribution in [0.5, 0.6) is 0 Å². The van der Waals surface area contributed by atoms with Crippen LogP contribution >= 0.6 is 11.8 Å². The van der Waals surface area contributed by atoms with Crippen molar-refractivity contribution in [2.24, 2.45) is 52.3 Å². The van der Waals surface area contributed by atoms with Crippen LogP contribution in [-0.2, 0) is 0 Å². The topological polar surface area (TPSA) is 12.0 Å². The zero-order chi connectivity index (χ0) is 21.9. The van der Waals surface area contributed by atoms with Crippen molar-refractivity contribution in [3.8, 4) is 0 Å². The molecular formula is C29H51NS. The zero-order valence-corrected chi connectivity index (χ0v) is 22.2. The molecule has 5 aliphatic rings. The van der Waals surface area contributed by atoms with Crippen molar-refractivity contribution in [1.29, 1.82) is 0 Å². The van der Waals surface area contributed by atoms with E-state index in [4.69, 9.17) is 0 Å². The highest BCUT2D eigenvalue weighted by atomic mass is 32.2. The summed E-state index contributed by atoms with van der Waals surface area (Å²) in [5.41, 5.74) is 1.29. The van der Waals surface area contributed by atoms with E-state index in [1.807, 2.05) is 0 Å². The molecule has 0 aromatic carbocycles. The van der Waals surface area contributed by atoms with Gasteiger partial charge in [0.15, 0.2) is 0 Å². The summed E-state index contributed by atoms with van der Waals surface area (Å²) in [6.45, 7) is 14.2. The van der Waals surface area contributed by atoms with Crippen molar-refractivity contribution >= 4 is 11.8 Å². The van der Waals surface area contributed by atoms with Crippen LogP contribution in [0.15, 0.2) is 0 Å². The summed E-state index contributed by atoms with van der Waals surface area (Å²) in [7, 11) is 0. The molecule has 0 bridgehead atoms. The number of nitrogens with one attached hydrogen (secondary N) is 1. The standard InChI is InChI=1S/C29H51NS/c1-20(2)7-6-8-21(3)24-11-12-25-23-10-9-22-19-29(30-17-18-31-29)16-15-27(22,4)26(23)13-14-28(24,25)5/h20-26,30H,6-19H2,1-5H3/t21-,22-,23+,24-,25+,26+,27+,28-,29+/m1/s1. The molecule has 1 saturated heterocycles. The Labute approximate surface area is 198 Å². The van der Waals surface area contributed by atoms with E-state index in [9.17, 15) is 0 Å². The molecule has 9 atom stereocenters. The van der Waals surface area contributed by atoms with Crippen molar-refractivity contribution in [3.05, 3.63) is 0 Å². The van der Waals surface area contributed by atoms with Gasteiger partial charge in [-0.2, -0.15) is 0 Å². The Hall–Kier alpha value is 0.310. The van der Waals surface area contributed by atoms with E-state index in [1.54, 1.807) is 25.7 Å². The quantitative estimate of drug-likeness (QED) is 0.458. The van der Waals surface area contributed by atoms with Gasteiger partial charge in [-0.1, -0.05) is 53.9 Å². The smallest absolute Gasteiger partial charge is 0.0649 e. The Morgan fingerprint density at radius 2 is 1.68 bits per heavy atom. The minimum absolute atomic E-state index is 0.462. The summed E-state index contributed by atoms with van der Waals surface area (Å²) in [5, 5.41) is 3.94. The van der Waals surface area contributed by atoms with Crippen molar-refractivity contribution < 1.29 is 0 Å². The van der Waals surface area contributed by atoms with Gasteiger partial charge >= 0.3 is 0 Å². The third-order valence-electron chi connectivity index (χ3n) is 11.8. The predicted octanol–water partition coefficient (Wildman–Crippen LogP) is 8.14. The third kappa shape index (κ3) is 3.86. The number of fused-ring (bicyclic) bond motifs is 5. The first-order chi connectivity index (χ1) is 14.8. The van der Waals surface area contributed by atoms with Gasteiger partial charge in [0.25, 0.3) is 0 Å². The first kappa shape index (κ1) is 23.1. The average molecular weight is 446 g/mol. The van der Waals surface area contributed by atoms with Crippen LogP contribution in [0.4, 0.5) is 0 Å². The Morgan fingerprint density at radius 3 is 2.42 bits per heavy atom. The lowest BCUT2D eigenvalue weighted by Crippen LogP contribution is -2.57. The molecule has 0 aromatic rings. The molecule has 2 heteroatoms. The van der Waals surface area contributed by atoms with Gasteiger partial charge in [0.1, 0.15) is 0 Å². The van der Waals surface area contributed by atoms with Crippen LogP contribution in [-0.4, -0.2) is 17.2 Å². The molecule has 0 amide bonds. The Balaban J connectivity index is 1.28. The fourth-order valence-corrected chi connectivity index (χ4v) is 11.5. The molecule has 4 aliphatic carbocycles. The number of hydrogen-bond acceptors (Lipinski definition) is 2. The van der Waals surface area contributed by atoms with E-state index >= 15 is 0 Å². The molecule has 1 aliphatic heterocycles. The van der Waals surface area contributed by atoms with Gasteiger partial charge in [0.05, 0.1) is 4.87 Å². The molecule has 5 rings (SSSR count). The summed E-state index contributed by atoms with van der Waals surface area (Å²) >= 11 is 2.26. The lowest BCUT2D eigenvalue weighted by Gasteiger charge is -2.62. The largest absolute Gasteiger partial charge is 0.302 e. The summed E-state index contributed by atoms with van der Waals surface area (Å²) in [6.07, 6.45) is 18.0. The second-order valence-electron chi connectivity index (χ2n) is 13.7. The highest BCUT2D eigenvalue weighted by molar-refractivity contribution is 8.00. The zero-order valence-electron chi connectivity index (χ0n) is 21.3. The molecule has 0 unspecified atom stereocenters. The fourth-order valence-electron chi connectivity index (χ4n) is 10.1. The number of thioether (sulfide) groups is 1. The van der Waals surface area contributed by atoms with Crippen molar-refractivity contribution in [1.82, 2.24) is 5.32 Å². The van der Waals surface area contributed by atoms with Crippen LogP contribution in [0, 0.1) is 52.3 Å². The molecule has 1 spiro atoms. The average Bonchev–Trinajstić information content (AvgIpc) is 3.32. The second kappa shape index (κ2) is 8.51. The van der Waals surface area contributed by atoms with E-state index < -0.39 is 0 Å². The molecular weight excluding hydrogens is 394 g/mol. The monoisotopic (exact) mass is 445 g/mol. The highest BCUT2D eigenvalue weighted by Crippen LogP contribution is 2.69. The minimum atomic E-state index is 0.462. The molecule has 1 N–H and O–H groups in total. The van der Waals surface area contributed by atoms with E-state index in [2.05, 4.69) is 51.7 Å². The Kier molecular flexibility index (Phi) is 6.33. The number of rotatable bonds is 5. The molecule has 1 nitrogen and oxygen atoms in total. The van der Waals surface area contributed by atoms with Gasteiger partial charge in [0, 0.05) is 12.3 Å². The van der Waals surface area contributed by atoms with Crippen LogP contribution in [0.2, 0.25) is 0 Å². The van der Waals surface area contributed by atoms with Crippen LogP contribution < -0.4 is 5.32 Å². The summed E-state index contributed by atoms with van der Waals surface area (Å²) in [5.74, 6) is 8.26. The van der Waals surface area contributed by atoms with Gasteiger partial charge in [-0.3, -0.25) is 0 Å². The SMILES string of the molecule is CC(C)CCC[C@@H](C)[C@H]1CC[C@H]2[C@@H]3CC[C@@H]4C[C@@]5(CC[C@]4(C)[C@H]3CC[C@]12C)NCCS5. The van der Waals surface area contributed by atoms with Gasteiger partial charge < -0.3 is 5.32 Å². The maximum atomic E-state index is 3.94. The van der Waals surface area contributed by atoms with Gasteiger partial charge in [-0.25, -0.2) is 0 Å². The van der Waals surface area contributed by atoms with E-state index in [0.29, 0.717) is 15.7 Å². The normalized spacial score (nSPS) is 50.3. The first-order valence-corrected chi connectivity index (χ1v) is 15.1. The summed E-state index contributed by atoms with van der Waals surface area (Å²) < 4.78 is 0. The highest BCUT2D eigenvalue weighted by Gasteiger charge is 2.61. The minimum Gasteiger partial charge on any atom is -0.302 e.